The quantitative estimate of drug-likeness (QED) is 0.487. The number of halogens is 6. The van der Waals surface area contributed by atoms with E-state index in [0.29, 0.717) is 12.1 Å². The van der Waals surface area contributed by atoms with Crippen molar-refractivity contribution >= 4 is 14.5 Å². The zero-order valence-corrected chi connectivity index (χ0v) is 8.23. The first-order valence-electron chi connectivity index (χ1n) is 3.67. The maximum Gasteiger partial charge on any atom is 0.417 e. The zero-order valence-electron chi connectivity index (χ0n) is 7.08. The average Bonchev–Trinajstić information content (AvgIpc) is 1.99. The maximum absolute atomic E-state index is 12.2. The molecular formula is C8H5F6P. The van der Waals surface area contributed by atoms with Gasteiger partial charge in [-0.25, -0.2) is 0 Å². The van der Waals surface area contributed by atoms with E-state index in [2.05, 4.69) is 0 Å². The fourth-order valence-electron chi connectivity index (χ4n) is 1.06. The molecule has 1 aromatic rings. The smallest absolute Gasteiger partial charge is 0.166 e. The van der Waals surface area contributed by atoms with Gasteiger partial charge in [0.1, 0.15) is 0 Å². The molecule has 0 bridgehead atoms. The van der Waals surface area contributed by atoms with Crippen molar-refractivity contribution < 1.29 is 26.3 Å². The van der Waals surface area contributed by atoms with Crippen LogP contribution in [0.1, 0.15) is 11.1 Å². The molecule has 0 saturated carbocycles. The second kappa shape index (κ2) is 3.67. The molecule has 1 rings (SSSR count). The van der Waals surface area contributed by atoms with Gasteiger partial charge >= 0.3 is 12.4 Å². The van der Waals surface area contributed by atoms with Gasteiger partial charge in [-0.2, -0.15) is 26.3 Å². The van der Waals surface area contributed by atoms with Crippen LogP contribution in [0.4, 0.5) is 26.3 Å². The van der Waals surface area contributed by atoms with Crippen molar-refractivity contribution in [2.75, 3.05) is 0 Å². The molecule has 0 aliphatic carbocycles. The van der Waals surface area contributed by atoms with E-state index in [1.165, 1.54) is 9.24 Å². The summed E-state index contributed by atoms with van der Waals surface area (Å²) in [5.74, 6) is 0. The molecule has 0 amide bonds. The van der Waals surface area contributed by atoms with E-state index in [0.717, 1.165) is 6.07 Å². The summed E-state index contributed by atoms with van der Waals surface area (Å²) in [6.07, 6.45) is -9.56. The van der Waals surface area contributed by atoms with Gasteiger partial charge in [-0.15, -0.1) is 9.24 Å². The number of alkyl halides is 6. The van der Waals surface area contributed by atoms with Crippen LogP contribution in [0.25, 0.3) is 0 Å². The highest BCUT2D eigenvalue weighted by Crippen LogP contribution is 2.34. The minimum Gasteiger partial charge on any atom is -0.166 e. The first-order chi connectivity index (χ1) is 6.64. The van der Waals surface area contributed by atoms with Crippen molar-refractivity contribution in [3.05, 3.63) is 29.3 Å². The van der Waals surface area contributed by atoms with Crippen LogP contribution in [0.3, 0.4) is 0 Å². The molecule has 0 fully saturated rings. The molecule has 15 heavy (non-hydrogen) atoms. The summed E-state index contributed by atoms with van der Waals surface area (Å²) >= 11 is 0. The molecule has 0 spiro atoms. The van der Waals surface area contributed by atoms with Crippen LogP contribution in [0, 0.1) is 0 Å². The third kappa shape index (κ3) is 2.62. The third-order valence-electron chi connectivity index (χ3n) is 1.72. The highest BCUT2D eigenvalue weighted by molar-refractivity contribution is 7.27. The summed E-state index contributed by atoms with van der Waals surface area (Å²) < 4.78 is 73.4. The summed E-state index contributed by atoms with van der Waals surface area (Å²) in [6, 6.07) is 1.95. The van der Waals surface area contributed by atoms with E-state index in [9.17, 15) is 26.3 Å². The molecule has 0 heterocycles. The van der Waals surface area contributed by atoms with Crippen molar-refractivity contribution in [3.8, 4) is 0 Å². The van der Waals surface area contributed by atoms with E-state index in [1.54, 1.807) is 0 Å². The number of rotatable bonds is 0. The topological polar surface area (TPSA) is 0 Å². The Morgan fingerprint density at radius 2 is 1.13 bits per heavy atom. The molecule has 0 aromatic heterocycles. The molecule has 1 atom stereocenters. The van der Waals surface area contributed by atoms with Crippen LogP contribution >= 0.6 is 9.24 Å². The Morgan fingerprint density at radius 3 is 1.40 bits per heavy atom. The predicted molar refractivity (Wildman–Crippen MR) is 45.8 cm³/mol. The lowest BCUT2D eigenvalue weighted by molar-refractivity contribution is -0.141. The van der Waals surface area contributed by atoms with Crippen LogP contribution in [-0.2, 0) is 12.4 Å². The standard InChI is InChI=1S/C8H5F6P/c9-7(10,11)4-2-1-3-5(6(4)15)8(12,13)14/h1-3H,15H2. The highest BCUT2D eigenvalue weighted by Gasteiger charge is 2.38. The van der Waals surface area contributed by atoms with Gasteiger partial charge in [0.05, 0.1) is 11.1 Å². The summed E-state index contributed by atoms with van der Waals surface area (Å²) in [5.41, 5.74) is -2.58. The molecule has 0 aliphatic rings. The molecular weight excluding hydrogens is 241 g/mol. The van der Waals surface area contributed by atoms with E-state index in [4.69, 9.17) is 0 Å². The Bertz CT molecular complexity index is 332. The van der Waals surface area contributed by atoms with Gasteiger partial charge in [0.15, 0.2) is 0 Å². The number of benzene rings is 1. The van der Waals surface area contributed by atoms with Crippen LogP contribution in [0.5, 0.6) is 0 Å². The lowest BCUT2D eigenvalue weighted by Crippen LogP contribution is -2.22. The highest BCUT2D eigenvalue weighted by atomic mass is 31.0. The van der Waals surface area contributed by atoms with Gasteiger partial charge in [0, 0.05) is 0 Å². The Kier molecular flexibility index (Phi) is 3.01. The molecule has 0 aliphatic heterocycles. The Morgan fingerprint density at radius 1 is 0.800 bits per heavy atom. The van der Waals surface area contributed by atoms with Gasteiger partial charge in [-0.1, -0.05) is 6.07 Å². The molecule has 84 valence electrons. The van der Waals surface area contributed by atoms with Crippen molar-refractivity contribution in [2.45, 2.75) is 12.4 Å². The van der Waals surface area contributed by atoms with Crippen LogP contribution in [0.15, 0.2) is 18.2 Å². The van der Waals surface area contributed by atoms with Crippen LogP contribution in [-0.4, -0.2) is 0 Å². The Balaban J connectivity index is 3.37. The fourth-order valence-corrected chi connectivity index (χ4v) is 1.58. The normalized spacial score (nSPS) is 13.0. The molecule has 7 heteroatoms. The maximum atomic E-state index is 12.2. The zero-order chi connectivity index (χ0) is 11.9. The molecule has 1 aromatic carbocycles. The van der Waals surface area contributed by atoms with Crippen molar-refractivity contribution in [2.24, 2.45) is 0 Å². The number of hydrogen-bond acceptors (Lipinski definition) is 0. The van der Waals surface area contributed by atoms with Gasteiger partial charge in [-0.3, -0.25) is 0 Å². The van der Waals surface area contributed by atoms with Crippen molar-refractivity contribution in [1.82, 2.24) is 0 Å². The van der Waals surface area contributed by atoms with E-state index in [1.807, 2.05) is 0 Å². The lowest BCUT2D eigenvalue weighted by Gasteiger charge is -2.15. The third-order valence-corrected chi connectivity index (χ3v) is 2.34. The first kappa shape index (κ1) is 12.3. The second-order valence-corrected chi connectivity index (χ2v) is 3.34. The number of hydrogen-bond donors (Lipinski definition) is 0. The molecule has 0 radical (unpaired) electrons. The molecule has 0 saturated heterocycles. The van der Waals surface area contributed by atoms with Crippen molar-refractivity contribution in [3.63, 3.8) is 0 Å². The largest absolute Gasteiger partial charge is 0.417 e. The lowest BCUT2D eigenvalue weighted by atomic mass is 10.1. The van der Waals surface area contributed by atoms with Gasteiger partial charge in [0.25, 0.3) is 0 Å². The monoisotopic (exact) mass is 246 g/mol. The predicted octanol–water partition coefficient (Wildman–Crippen LogP) is 3.22. The van der Waals surface area contributed by atoms with Crippen LogP contribution < -0.4 is 5.30 Å². The average molecular weight is 246 g/mol. The van der Waals surface area contributed by atoms with E-state index < -0.39 is 28.8 Å². The van der Waals surface area contributed by atoms with Gasteiger partial charge in [0.2, 0.25) is 0 Å². The van der Waals surface area contributed by atoms with Crippen LogP contribution in [0.2, 0.25) is 0 Å². The molecule has 0 nitrogen and oxygen atoms in total. The minimum atomic E-state index is -4.78. The summed E-state index contributed by atoms with van der Waals surface area (Å²) in [4.78, 5) is 0. The van der Waals surface area contributed by atoms with Gasteiger partial charge in [-0.05, 0) is 17.4 Å². The Hall–Kier alpha value is -0.770. The summed E-state index contributed by atoms with van der Waals surface area (Å²) in [6.45, 7) is 0. The van der Waals surface area contributed by atoms with Crippen molar-refractivity contribution in [1.29, 1.82) is 0 Å². The SMILES string of the molecule is FC(F)(F)c1cccc(C(F)(F)F)c1P. The van der Waals surface area contributed by atoms with Gasteiger partial charge < -0.3 is 0 Å². The molecule has 1 unspecified atom stereocenters. The molecule has 0 N–H and O–H groups in total. The second-order valence-electron chi connectivity index (χ2n) is 2.76. The minimum absolute atomic E-state index is 0.609. The summed E-state index contributed by atoms with van der Waals surface area (Å²) in [7, 11) is 1.48. The Labute approximate surface area is 83.5 Å². The van der Waals surface area contributed by atoms with E-state index in [-0.39, 0.29) is 0 Å². The first-order valence-corrected chi connectivity index (χ1v) is 4.24. The fraction of sp³-hybridized carbons (Fsp3) is 0.250. The summed E-state index contributed by atoms with van der Waals surface area (Å²) in [5, 5.41) is -0.877. The van der Waals surface area contributed by atoms with E-state index >= 15 is 0 Å².